The van der Waals surface area contributed by atoms with E-state index >= 15 is 0 Å². The Morgan fingerprint density at radius 2 is 2.00 bits per heavy atom. The molecule has 1 atom stereocenters. The molecule has 1 unspecified atom stereocenters. The SMILES string of the molecule is CCc1cnc(C(C)NCc2c(F)cccc2F)s1. The summed E-state index contributed by atoms with van der Waals surface area (Å²) < 4.78 is 26.9. The van der Waals surface area contributed by atoms with E-state index in [1.165, 1.54) is 23.1 Å². The van der Waals surface area contributed by atoms with Crippen LogP contribution >= 0.6 is 11.3 Å². The summed E-state index contributed by atoms with van der Waals surface area (Å²) in [6, 6.07) is 3.88. The van der Waals surface area contributed by atoms with Gasteiger partial charge in [-0.05, 0) is 25.5 Å². The molecular weight excluding hydrogens is 266 g/mol. The monoisotopic (exact) mass is 282 g/mol. The zero-order chi connectivity index (χ0) is 13.8. The molecule has 0 fully saturated rings. The van der Waals surface area contributed by atoms with Crippen LogP contribution in [0.2, 0.25) is 0 Å². The molecule has 0 radical (unpaired) electrons. The van der Waals surface area contributed by atoms with Crippen molar-refractivity contribution in [3.63, 3.8) is 0 Å². The highest BCUT2D eigenvalue weighted by Crippen LogP contribution is 2.21. The number of hydrogen-bond acceptors (Lipinski definition) is 3. The molecular formula is C14H16F2N2S. The molecule has 1 heterocycles. The number of rotatable bonds is 5. The van der Waals surface area contributed by atoms with Gasteiger partial charge in [-0.15, -0.1) is 11.3 Å². The summed E-state index contributed by atoms with van der Waals surface area (Å²) in [6.07, 6.45) is 2.80. The van der Waals surface area contributed by atoms with Gasteiger partial charge >= 0.3 is 0 Å². The van der Waals surface area contributed by atoms with Gasteiger partial charge in [-0.25, -0.2) is 13.8 Å². The molecule has 2 aromatic rings. The molecule has 0 saturated carbocycles. The second-order valence-corrected chi connectivity index (χ2v) is 5.47. The number of nitrogens with zero attached hydrogens (tertiary/aromatic N) is 1. The quantitative estimate of drug-likeness (QED) is 0.901. The molecule has 19 heavy (non-hydrogen) atoms. The van der Waals surface area contributed by atoms with Crippen molar-refractivity contribution in [2.45, 2.75) is 32.9 Å². The summed E-state index contributed by atoms with van der Waals surface area (Å²) in [7, 11) is 0. The van der Waals surface area contributed by atoms with Gasteiger partial charge in [0.15, 0.2) is 0 Å². The molecule has 0 saturated heterocycles. The second kappa shape index (κ2) is 6.21. The van der Waals surface area contributed by atoms with Crippen LogP contribution in [0.25, 0.3) is 0 Å². The van der Waals surface area contributed by atoms with Crippen LogP contribution in [0.15, 0.2) is 24.4 Å². The van der Waals surface area contributed by atoms with Crippen molar-refractivity contribution < 1.29 is 8.78 Å². The van der Waals surface area contributed by atoms with Crippen molar-refractivity contribution in [1.82, 2.24) is 10.3 Å². The number of thiazole rings is 1. The van der Waals surface area contributed by atoms with Crippen molar-refractivity contribution in [2.75, 3.05) is 0 Å². The van der Waals surface area contributed by atoms with Crippen LogP contribution in [-0.2, 0) is 13.0 Å². The Morgan fingerprint density at radius 3 is 2.58 bits per heavy atom. The highest BCUT2D eigenvalue weighted by Gasteiger charge is 2.13. The predicted molar refractivity (Wildman–Crippen MR) is 73.1 cm³/mol. The summed E-state index contributed by atoms with van der Waals surface area (Å²) in [5.74, 6) is -1.04. The molecule has 0 spiro atoms. The fourth-order valence-electron chi connectivity index (χ4n) is 1.73. The summed E-state index contributed by atoms with van der Waals surface area (Å²) in [5.41, 5.74) is 0.0709. The smallest absolute Gasteiger partial charge is 0.130 e. The number of aryl methyl sites for hydroxylation is 1. The van der Waals surface area contributed by atoms with E-state index < -0.39 is 11.6 Å². The van der Waals surface area contributed by atoms with Gasteiger partial charge in [0.05, 0.1) is 6.04 Å². The van der Waals surface area contributed by atoms with E-state index in [2.05, 4.69) is 17.2 Å². The number of aromatic nitrogens is 1. The summed E-state index contributed by atoms with van der Waals surface area (Å²) >= 11 is 1.62. The number of halogens is 2. The summed E-state index contributed by atoms with van der Waals surface area (Å²) in [6.45, 7) is 4.17. The average molecular weight is 282 g/mol. The molecule has 0 aliphatic rings. The van der Waals surface area contributed by atoms with Crippen molar-refractivity contribution in [2.24, 2.45) is 0 Å². The first kappa shape index (κ1) is 14.1. The van der Waals surface area contributed by atoms with Crippen molar-refractivity contribution in [1.29, 1.82) is 0 Å². The molecule has 1 N–H and O–H groups in total. The Kier molecular flexibility index (Phi) is 4.61. The van der Waals surface area contributed by atoms with E-state index in [1.54, 1.807) is 11.3 Å². The number of nitrogens with one attached hydrogen (secondary N) is 1. The molecule has 1 aromatic heterocycles. The first-order chi connectivity index (χ1) is 9.11. The van der Waals surface area contributed by atoms with Gasteiger partial charge in [0.2, 0.25) is 0 Å². The molecule has 0 aliphatic heterocycles. The Balaban J connectivity index is 2.02. The standard InChI is InChI=1S/C14H16F2N2S/c1-3-10-7-18-14(19-10)9(2)17-8-11-12(15)5-4-6-13(11)16/h4-7,9,17H,3,8H2,1-2H3. The minimum atomic E-state index is -0.520. The summed E-state index contributed by atoms with van der Waals surface area (Å²) in [4.78, 5) is 5.52. The minimum absolute atomic E-state index is 0.0238. The lowest BCUT2D eigenvalue weighted by Gasteiger charge is -2.12. The normalized spacial score (nSPS) is 12.6. The third-order valence-corrected chi connectivity index (χ3v) is 4.26. The van der Waals surface area contributed by atoms with Crippen LogP contribution in [-0.4, -0.2) is 4.98 Å². The number of hydrogen-bond donors (Lipinski definition) is 1. The molecule has 0 amide bonds. The summed E-state index contributed by atoms with van der Waals surface area (Å²) in [5, 5.41) is 4.04. The maximum atomic E-state index is 13.5. The fraction of sp³-hybridized carbons (Fsp3) is 0.357. The van der Waals surface area contributed by atoms with Crippen LogP contribution in [0.3, 0.4) is 0 Å². The molecule has 1 aromatic carbocycles. The largest absolute Gasteiger partial charge is 0.304 e. The molecule has 2 nitrogen and oxygen atoms in total. The van der Waals surface area contributed by atoms with Gasteiger partial charge < -0.3 is 5.32 Å². The van der Waals surface area contributed by atoms with Crippen molar-refractivity contribution >= 4 is 11.3 Å². The van der Waals surface area contributed by atoms with Crippen molar-refractivity contribution in [3.05, 3.63) is 51.5 Å². The predicted octanol–water partition coefficient (Wildman–Crippen LogP) is 3.83. The third kappa shape index (κ3) is 3.36. The van der Waals surface area contributed by atoms with Gasteiger partial charge in [-0.3, -0.25) is 0 Å². The molecule has 5 heteroatoms. The van der Waals surface area contributed by atoms with E-state index in [-0.39, 0.29) is 18.2 Å². The van der Waals surface area contributed by atoms with E-state index in [0.29, 0.717) is 0 Å². The van der Waals surface area contributed by atoms with Crippen LogP contribution in [0, 0.1) is 11.6 Å². The fourth-order valence-corrected chi connectivity index (χ4v) is 2.61. The number of benzene rings is 1. The van der Waals surface area contributed by atoms with Crippen molar-refractivity contribution in [3.8, 4) is 0 Å². The first-order valence-electron chi connectivity index (χ1n) is 6.22. The van der Waals surface area contributed by atoms with Gasteiger partial charge in [0.1, 0.15) is 16.6 Å². The van der Waals surface area contributed by atoms with Crippen LogP contribution in [0.1, 0.15) is 35.3 Å². The third-order valence-electron chi connectivity index (χ3n) is 2.94. The average Bonchev–Trinajstić information content (AvgIpc) is 2.86. The lowest BCUT2D eigenvalue weighted by molar-refractivity contribution is 0.508. The van der Waals surface area contributed by atoms with Gasteiger partial charge in [-0.2, -0.15) is 0 Å². The Bertz CT molecular complexity index is 534. The van der Waals surface area contributed by atoms with Crippen LogP contribution in [0.5, 0.6) is 0 Å². The highest BCUT2D eigenvalue weighted by molar-refractivity contribution is 7.11. The second-order valence-electron chi connectivity index (χ2n) is 4.32. The topological polar surface area (TPSA) is 24.9 Å². The molecule has 0 aliphatic carbocycles. The lowest BCUT2D eigenvalue weighted by Crippen LogP contribution is -2.19. The van der Waals surface area contributed by atoms with Gasteiger partial charge in [-0.1, -0.05) is 13.0 Å². The zero-order valence-corrected chi connectivity index (χ0v) is 11.7. The first-order valence-corrected chi connectivity index (χ1v) is 7.04. The Labute approximate surface area is 115 Å². The zero-order valence-electron chi connectivity index (χ0n) is 10.9. The molecule has 0 bridgehead atoms. The van der Waals surface area contributed by atoms with E-state index in [4.69, 9.17) is 0 Å². The maximum Gasteiger partial charge on any atom is 0.130 e. The van der Waals surface area contributed by atoms with Crippen LogP contribution < -0.4 is 5.32 Å². The molecule has 2 rings (SSSR count). The van der Waals surface area contributed by atoms with Crippen LogP contribution in [0.4, 0.5) is 8.78 Å². The Hall–Kier alpha value is -1.33. The minimum Gasteiger partial charge on any atom is -0.304 e. The Morgan fingerprint density at radius 1 is 1.32 bits per heavy atom. The van der Waals surface area contributed by atoms with E-state index in [0.717, 1.165) is 11.4 Å². The van der Waals surface area contributed by atoms with E-state index in [9.17, 15) is 8.78 Å². The van der Waals surface area contributed by atoms with Gasteiger partial charge in [0.25, 0.3) is 0 Å². The molecule has 102 valence electrons. The van der Waals surface area contributed by atoms with Gasteiger partial charge in [0, 0.05) is 23.2 Å². The maximum absolute atomic E-state index is 13.5. The van der Waals surface area contributed by atoms with E-state index in [1.807, 2.05) is 13.1 Å². The highest BCUT2D eigenvalue weighted by atomic mass is 32.1. The lowest BCUT2D eigenvalue weighted by atomic mass is 10.2.